The first-order valence-electron chi connectivity index (χ1n) is 7.21. The molecule has 0 aliphatic rings. The molecule has 3 aromatic rings. The van der Waals surface area contributed by atoms with Gasteiger partial charge >= 0.3 is 0 Å². The van der Waals surface area contributed by atoms with E-state index in [9.17, 15) is 0 Å². The summed E-state index contributed by atoms with van der Waals surface area (Å²) in [5.41, 5.74) is 1.83. The number of hydrogen-bond acceptors (Lipinski definition) is 5. The van der Waals surface area contributed by atoms with Crippen LogP contribution in [0.1, 0.15) is 5.89 Å². The molecule has 0 spiro atoms. The van der Waals surface area contributed by atoms with Crippen LogP contribution in [-0.4, -0.2) is 23.9 Å². The largest absolute Gasteiger partial charge is 0.495 e. The molecule has 0 fully saturated rings. The van der Waals surface area contributed by atoms with E-state index < -0.39 is 0 Å². The van der Waals surface area contributed by atoms with Crippen LogP contribution in [0.5, 0.6) is 5.75 Å². The molecule has 1 N–H and O–H groups in total. The van der Waals surface area contributed by atoms with Crippen molar-refractivity contribution in [1.29, 1.82) is 0 Å². The Bertz CT molecular complexity index is 775. The summed E-state index contributed by atoms with van der Waals surface area (Å²) >= 11 is 6.09. The summed E-state index contributed by atoms with van der Waals surface area (Å²) in [5, 5.41) is 12.0. The first kappa shape index (κ1) is 15.4. The van der Waals surface area contributed by atoms with Crippen LogP contribution in [0.4, 0.5) is 5.69 Å². The molecule has 0 saturated carbocycles. The second-order valence-electron chi connectivity index (χ2n) is 4.89. The number of rotatable bonds is 6. The molecular formula is C17H16ClN3O2. The van der Waals surface area contributed by atoms with Gasteiger partial charge in [-0.3, -0.25) is 0 Å². The Kier molecular flexibility index (Phi) is 4.78. The Morgan fingerprint density at radius 2 is 1.96 bits per heavy atom. The molecule has 6 heteroatoms. The fraction of sp³-hybridized carbons (Fsp3) is 0.176. The third-order valence-electron chi connectivity index (χ3n) is 3.31. The fourth-order valence-corrected chi connectivity index (χ4v) is 2.40. The predicted octanol–water partition coefficient (Wildman–Crippen LogP) is 4.05. The second-order valence-corrected chi connectivity index (χ2v) is 5.30. The van der Waals surface area contributed by atoms with Crippen molar-refractivity contribution in [2.45, 2.75) is 6.42 Å². The molecule has 0 saturated heterocycles. The topological polar surface area (TPSA) is 60.2 Å². The van der Waals surface area contributed by atoms with Crippen LogP contribution in [-0.2, 0) is 6.42 Å². The molecule has 0 aliphatic heterocycles. The van der Waals surface area contributed by atoms with Crippen molar-refractivity contribution in [3.63, 3.8) is 0 Å². The normalized spacial score (nSPS) is 10.5. The van der Waals surface area contributed by atoms with Crippen LogP contribution in [0.2, 0.25) is 5.02 Å². The van der Waals surface area contributed by atoms with E-state index in [0.717, 1.165) is 11.3 Å². The molecule has 0 radical (unpaired) electrons. The van der Waals surface area contributed by atoms with E-state index >= 15 is 0 Å². The number of nitrogens with one attached hydrogen (secondary N) is 1. The minimum Gasteiger partial charge on any atom is -0.495 e. The monoisotopic (exact) mass is 329 g/mol. The Morgan fingerprint density at radius 3 is 2.70 bits per heavy atom. The van der Waals surface area contributed by atoms with Gasteiger partial charge in [-0.25, -0.2) is 0 Å². The number of aromatic nitrogens is 2. The van der Waals surface area contributed by atoms with Crippen LogP contribution in [0.3, 0.4) is 0 Å². The van der Waals surface area contributed by atoms with Gasteiger partial charge in [0.15, 0.2) is 0 Å². The standard InChI is InChI=1S/C17H16ClN3O2/c1-22-15-8-7-13(11-14(15)18)19-10-9-16-20-21-17(23-16)12-5-3-2-4-6-12/h2-8,11,19H,9-10H2,1H3. The van der Waals surface area contributed by atoms with Gasteiger partial charge in [-0.1, -0.05) is 29.8 Å². The zero-order valence-electron chi connectivity index (χ0n) is 12.6. The Labute approximate surface area is 139 Å². The Hall–Kier alpha value is -2.53. The third-order valence-corrected chi connectivity index (χ3v) is 3.60. The smallest absolute Gasteiger partial charge is 0.247 e. The molecule has 5 nitrogen and oxygen atoms in total. The van der Waals surface area contributed by atoms with Gasteiger partial charge in [-0.15, -0.1) is 10.2 Å². The molecule has 3 rings (SSSR count). The lowest BCUT2D eigenvalue weighted by atomic mass is 10.2. The maximum absolute atomic E-state index is 6.09. The molecule has 118 valence electrons. The molecule has 0 bridgehead atoms. The van der Waals surface area contributed by atoms with E-state index in [4.69, 9.17) is 20.8 Å². The third kappa shape index (κ3) is 3.81. The molecular weight excluding hydrogens is 314 g/mol. The van der Waals surface area contributed by atoms with Crippen LogP contribution < -0.4 is 10.1 Å². The van der Waals surface area contributed by atoms with E-state index in [2.05, 4.69) is 15.5 Å². The minimum atomic E-state index is 0.535. The van der Waals surface area contributed by atoms with Crippen LogP contribution in [0.15, 0.2) is 52.9 Å². The van der Waals surface area contributed by atoms with Gasteiger partial charge in [0.2, 0.25) is 11.8 Å². The summed E-state index contributed by atoms with van der Waals surface area (Å²) in [7, 11) is 1.59. The highest BCUT2D eigenvalue weighted by atomic mass is 35.5. The van der Waals surface area contributed by atoms with Crippen molar-refractivity contribution in [3.05, 3.63) is 59.4 Å². The number of methoxy groups -OCH3 is 1. The van der Waals surface area contributed by atoms with Gasteiger partial charge < -0.3 is 14.5 Å². The number of nitrogens with zero attached hydrogens (tertiary/aromatic N) is 2. The van der Waals surface area contributed by atoms with Crippen LogP contribution in [0.25, 0.3) is 11.5 Å². The second kappa shape index (κ2) is 7.15. The van der Waals surface area contributed by atoms with Gasteiger partial charge in [0, 0.05) is 24.2 Å². The first-order valence-corrected chi connectivity index (χ1v) is 7.59. The zero-order chi connectivity index (χ0) is 16.1. The molecule has 1 aromatic heterocycles. The minimum absolute atomic E-state index is 0.535. The van der Waals surface area contributed by atoms with E-state index in [1.165, 1.54) is 0 Å². The van der Waals surface area contributed by atoms with Crippen molar-refractivity contribution in [2.75, 3.05) is 19.0 Å². The number of halogens is 1. The summed E-state index contributed by atoms with van der Waals surface area (Å²) in [5.74, 6) is 1.78. The highest BCUT2D eigenvalue weighted by Crippen LogP contribution is 2.27. The maximum Gasteiger partial charge on any atom is 0.247 e. The number of ether oxygens (including phenoxy) is 1. The van der Waals surface area contributed by atoms with Crippen LogP contribution in [0, 0.1) is 0 Å². The summed E-state index contributed by atoms with van der Waals surface area (Å²) in [4.78, 5) is 0. The fourth-order valence-electron chi connectivity index (χ4n) is 2.14. The number of benzene rings is 2. The molecule has 2 aromatic carbocycles. The number of anilines is 1. The summed E-state index contributed by atoms with van der Waals surface area (Å²) < 4.78 is 10.8. The highest BCUT2D eigenvalue weighted by Gasteiger charge is 2.08. The van der Waals surface area contributed by atoms with E-state index in [1.807, 2.05) is 48.5 Å². The molecule has 23 heavy (non-hydrogen) atoms. The molecule has 1 heterocycles. The summed E-state index contributed by atoms with van der Waals surface area (Å²) in [6.45, 7) is 0.666. The average Bonchev–Trinajstić information content (AvgIpc) is 3.05. The quantitative estimate of drug-likeness (QED) is 0.739. The molecule has 0 atom stereocenters. The van der Waals surface area contributed by atoms with E-state index in [0.29, 0.717) is 35.5 Å². The predicted molar refractivity (Wildman–Crippen MR) is 89.9 cm³/mol. The summed E-state index contributed by atoms with van der Waals surface area (Å²) in [6, 6.07) is 15.3. The van der Waals surface area contributed by atoms with Crippen LogP contribution >= 0.6 is 11.6 Å². The molecule has 0 unspecified atom stereocenters. The Morgan fingerprint density at radius 1 is 1.13 bits per heavy atom. The van der Waals surface area contributed by atoms with Gasteiger partial charge in [-0.2, -0.15) is 0 Å². The van der Waals surface area contributed by atoms with Gasteiger partial charge in [0.1, 0.15) is 5.75 Å². The van der Waals surface area contributed by atoms with Gasteiger partial charge in [-0.05, 0) is 30.3 Å². The first-order chi connectivity index (χ1) is 11.3. The lowest BCUT2D eigenvalue weighted by molar-refractivity contribution is 0.415. The molecule has 0 amide bonds. The van der Waals surface area contributed by atoms with Gasteiger partial charge in [0.05, 0.1) is 12.1 Å². The van der Waals surface area contributed by atoms with Crippen molar-refractivity contribution >= 4 is 17.3 Å². The highest BCUT2D eigenvalue weighted by molar-refractivity contribution is 6.32. The molecule has 0 aliphatic carbocycles. The lowest BCUT2D eigenvalue weighted by Crippen LogP contribution is -2.05. The summed E-state index contributed by atoms with van der Waals surface area (Å²) in [6.07, 6.45) is 0.628. The van der Waals surface area contributed by atoms with Crippen molar-refractivity contribution in [1.82, 2.24) is 10.2 Å². The van der Waals surface area contributed by atoms with Crippen molar-refractivity contribution < 1.29 is 9.15 Å². The number of hydrogen-bond donors (Lipinski definition) is 1. The Balaban J connectivity index is 1.57. The van der Waals surface area contributed by atoms with E-state index in [-0.39, 0.29) is 0 Å². The zero-order valence-corrected chi connectivity index (χ0v) is 13.4. The SMILES string of the molecule is COc1ccc(NCCc2nnc(-c3ccccc3)o2)cc1Cl. The van der Waals surface area contributed by atoms with Crippen molar-refractivity contribution in [3.8, 4) is 17.2 Å². The maximum atomic E-state index is 6.09. The lowest BCUT2D eigenvalue weighted by Gasteiger charge is -2.07. The van der Waals surface area contributed by atoms with E-state index in [1.54, 1.807) is 7.11 Å². The average molecular weight is 330 g/mol. The van der Waals surface area contributed by atoms with Gasteiger partial charge in [0.25, 0.3) is 0 Å². The van der Waals surface area contributed by atoms with Crippen molar-refractivity contribution in [2.24, 2.45) is 0 Å².